The summed E-state index contributed by atoms with van der Waals surface area (Å²) in [5.74, 6) is -0.705. The summed E-state index contributed by atoms with van der Waals surface area (Å²) >= 11 is 5.56. The second-order valence-electron chi connectivity index (χ2n) is 5.08. The first-order valence-electron chi connectivity index (χ1n) is 6.24. The van der Waals surface area contributed by atoms with E-state index in [4.69, 9.17) is 11.6 Å². The van der Waals surface area contributed by atoms with E-state index in [1.54, 1.807) is 0 Å². The van der Waals surface area contributed by atoms with Gasteiger partial charge < -0.3 is 15.0 Å². The van der Waals surface area contributed by atoms with Gasteiger partial charge in [0.1, 0.15) is 24.3 Å². The molecule has 0 bridgehead atoms. The van der Waals surface area contributed by atoms with E-state index in [-0.39, 0.29) is 22.0 Å². The van der Waals surface area contributed by atoms with E-state index in [0.29, 0.717) is 6.20 Å². The summed E-state index contributed by atoms with van der Waals surface area (Å²) in [6, 6.07) is 3.82. The average molecular weight is 366 g/mol. The smallest absolute Gasteiger partial charge is 0.421 e. The van der Waals surface area contributed by atoms with E-state index in [1.807, 2.05) is 0 Å². The minimum atomic E-state index is -4.69. The van der Waals surface area contributed by atoms with Crippen LogP contribution in [-0.2, 0) is 10.7 Å². The Morgan fingerprint density at radius 3 is 2.52 bits per heavy atom. The third-order valence-electron chi connectivity index (χ3n) is 2.88. The lowest BCUT2D eigenvalue weighted by atomic mass is 10.2. The minimum Gasteiger partial charge on any atom is -0.508 e. The van der Waals surface area contributed by atoms with E-state index >= 15 is 0 Å². The molecule has 0 aliphatic heterocycles. The number of nitrogens with zero attached hydrogens (tertiary/aromatic N) is 2. The van der Waals surface area contributed by atoms with Gasteiger partial charge in [-0.15, -0.1) is 0 Å². The fraction of sp³-hybridized carbons (Fsp3) is 0.231. The van der Waals surface area contributed by atoms with Crippen LogP contribution in [0.4, 0.5) is 24.7 Å². The molecule has 0 amide bonds. The molecule has 0 aliphatic carbocycles. The summed E-state index contributed by atoms with van der Waals surface area (Å²) < 4.78 is 51.4. The number of halogens is 4. The van der Waals surface area contributed by atoms with E-state index < -0.39 is 24.7 Å². The molecule has 1 heterocycles. The molecule has 1 aromatic carbocycles. The summed E-state index contributed by atoms with van der Waals surface area (Å²) in [5.41, 5.74) is -0.973. The lowest BCUT2D eigenvalue weighted by Crippen LogP contribution is -2.15. The monoisotopic (exact) mass is 365 g/mol. The van der Waals surface area contributed by atoms with Crippen LogP contribution in [0.15, 0.2) is 24.4 Å². The molecule has 0 atom stereocenters. The number of phenols is 1. The van der Waals surface area contributed by atoms with Gasteiger partial charge in [-0.25, -0.2) is 4.98 Å². The first-order chi connectivity index (χ1) is 10.5. The summed E-state index contributed by atoms with van der Waals surface area (Å²) in [4.78, 5) is 6.88. The summed E-state index contributed by atoms with van der Waals surface area (Å²) in [6.45, 7) is 2.87. The third kappa shape index (κ3) is 4.14. The van der Waals surface area contributed by atoms with Crippen molar-refractivity contribution in [1.82, 2.24) is 9.97 Å². The third-order valence-corrected chi connectivity index (χ3v) is 4.59. The molecule has 2 N–H and O–H groups in total. The molecule has 0 unspecified atom stereocenters. The predicted octanol–water partition coefficient (Wildman–Crippen LogP) is 3.85. The van der Waals surface area contributed by atoms with Crippen LogP contribution in [0.25, 0.3) is 0 Å². The van der Waals surface area contributed by atoms with Crippen molar-refractivity contribution >= 4 is 35.6 Å². The minimum absolute atomic E-state index is 0.136. The highest BCUT2D eigenvalue weighted by Crippen LogP contribution is 2.41. The molecule has 0 aliphatic rings. The van der Waals surface area contributed by atoms with Crippen molar-refractivity contribution in [3.05, 3.63) is 35.2 Å². The number of rotatable bonds is 3. The Bertz CT molecular complexity index is 793. The highest BCUT2D eigenvalue weighted by atomic mass is 35.5. The van der Waals surface area contributed by atoms with Crippen LogP contribution in [-0.4, -0.2) is 28.4 Å². The zero-order chi connectivity index (χ0) is 17.4. The topological polar surface area (TPSA) is 75.1 Å². The van der Waals surface area contributed by atoms with E-state index in [0.717, 1.165) is 0 Å². The Morgan fingerprint density at radius 2 is 1.96 bits per heavy atom. The zero-order valence-corrected chi connectivity index (χ0v) is 13.7. The zero-order valence-electron chi connectivity index (χ0n) is 12.0. The van der Waals surface area contributed by atoms with Gasteiger partial charge in [0, 0.05) is 11.5 Å². The van der Waals surface area contributed by atoms with Crippen molar-refractivity contribution in [2.75, 3.05) is 18.6 Å². The van der Waals surface area contributed by atoms with E-state index in [9.17, 15) is 22.8 Å². The molecule has 0 fully saturated rings. The van der Waals surface area contributed by atoms with Crippen LogP contribution in [0.2, 0.25) is 5.28 Å². The Labute approximate surface area is 134 Å². The number of aromatic hydroxyl groups is 1. The van der Waals surface area contributed by atoms with Gasteiger partial charge in [-0.2, -0.15) is 18.2 Å². The number of hydrogen-bond donors (Lipinski definition) is 2. The van der Waals surface area contributed by atoms with Gasteiger partial charge in [0.15, 0.2) is 0 Å². The van der Waals surface area contributed by atoms with Gasteiger partial charge in [0.2, 0.25) is 5.28 Å². The molecular formula is C13H12ClF3N3O2P. The number of hydrogen-bond acceptors (Lipinski definition) is 5. The lowest BCUT2D eigenvalue weighted by molar-refractivity contribution is -0.137. The first kappa shape index (κ1) is 17.6. The molecule has 1 aromatic heterocycles. The maximum Gasteiger partial charge on any atom is 0.421 e. The van der Waals surface area contributed by atoms with Gasteiger partial charge in [-0.1, -0.05) is 0 Å². The van der Waals surface area contributed by atoms with Crippen molar-refractivity contribution < 1.29 is 22.8 Å². The van der Waals surface area contributed by atoms with Gasteiger partial charge in [0.25, 0.3) is 0 Å². The molecule has 2 rings (SSSR count). The average Bonchev–Trinajstić information content (AvgIpc) is 2.38. The SMILES string of the molecule is CP(C)(=O)c1cc(O)ccc1Nc1nc(Cl)ncc1C(F)(F)F. The van der Waals surface area contributed by atoms with Crippen molar-refractivity contribution in [2.45, 2.75) is 6.18 Å². The highest BCUT2D eigenvalue weighted by molar-refractivity contribution is 7.70. The van der Waals surface area contributed by atoms with Crippen molar-refractivity contribution in [3.8, 4) is 5.75 Å². The van der Waals surface area contributed by atoms with Crippen molar-refractivity contribution in [2.24, 2.45) is 0 Å². The van der Waals surface area contributed by atoms with Gasteiger partial charge in [-0.3, -0.25) is 0 Å². The molecule has 23 heavy (non-hydrogen) atoms. The van der Waals surface area contributed by atoms with Crippen LogP contribution in [0.3, 0.4) is 0 Å². The number of anilines is 2. The number of aromatic nitrogens is 2. The second kappa shape index (κ2) is 6.02. The van der Waals surface area contributed by atoms with Crippen molar-refractivity contribution in [3.63, 3.8) is 0 Å². The van der Waals surface area contributed by atoms with Gasteiger partial charge in [0.05, 0.1) is 5.69 Å². The maximum atomic E-state index is 13.0. The maximum absolute atomic E-state index is 13.0. The van der Waals surface area contributed by atoms with Crippen LogP contribution >= 0.6 is 18.7 Å². The normalized spacial score (nSPS) is 12.3. The molecule has 2 aromatic rings. The number of nitrogens with one attached hydrogen (secondary N) is 1. The largest absolute Gasteiger partial charge is 0.508 e. The summed E-state index contributed by atoms with van der Waals surface area (Å²) in [5, 5.41) is 11.8. The number of benzene rings is 1. The second-order valence-corrected chi connectivity index (χ2v) is 8.60. The first-order valence-corrected chi connectivity index (χ1v) is 9.22. The van der Waals surface area contributed by atoms with E-state index in [1.165, 1.54) is 31.5 Å². The van der Waals surface area contributed by atoms with Crippen LogP contribution in [0.5, 0.6) is 5.75 Å². The predicted molar refractivity (Wildman–Crippen MR) is 82.5 cm³/mol. The lowest BCUT2D eigenvalue weighted by Gasteiger charge is -2.17. The molecule has 124 valence electrons. The van der Waals surface area contributed by atoms with Crippen LogP contribution in [0, 0.1) is 0 Å². The number of alkyl halides is 3. The molecule has 0 spiro atoms. The summed E-state index contributed by atoms with van der Waals surface area (Å²) in [6.07, 6.45) is -4.12. The molecule has 0 saturated heterocycles. The fourth-order valence-corrected chi connectivity index (χ4v) is 3.15. The number of phenolic OH excluding ortho intramolecular Hbond substituents is 1. The molecule has 10 heteroatoms. The highest BCUT2D eigenvalue weighted by Gasteiger charge is 2.35. The Kier molecular flexibility index (Phi) is 4.59. The molecular weight excluding hydrogens is 354 g/mol. The van der Waals surface area contributed by atoms with Gasteiger partial charge in [-0.05, 0) is 43.1 Å². The molecule has 0 saturated carbocycles. The quantitative estimate of drug-likeness (QED) is 0.491. The Hall–Kier alpha value is -1.79. The van der Waals surface area contributed by atoms with Gasteiger partial charge >= 0.3 is 6.18 Å². The molecule has 5 nitrogen and oxygen atoms in total. The Balaban J connectivity index is 2.57. The van der Waals surface area contributed by atoms with E-state index in [2.05, 4.69) is 15.3 Å². The standard InChI is InChI=1S/C13H12ClF3N3O2P/c1-23(2,22)10-5-7(21)3-4-9(10)19-11-8(13(15,16)17)6-18-12(14)20-11/h3-6,21H,1-2H3,(H,18,19,20). The van der Waals surface area contributed by atoms with Crippen molar-refractivity contribution in [1.29, 1.82) is 0 Å². The van der Waals surface area contributed by atoms with Crippen LogP contribution in [0.1, 0.15) is 5.56 Å². The molecule has 0 radical (unpaired) electrons. The fourth-order valence-electron chi connectivity index (χ4n) is 1.86. The summed E-state index contributed by atoms with van der Waals surface area (Å²) in [7, 11) is -2.87. The Morgan fingerprint density at radius 1 is 1.30 bits per heavy atom. The van der Waals surface area contributed by atoms with Crippen LogP contribution < -0.4 is 10.6 Å².